The average Bonchev–Trinajstić information content (AvgIpc) is 3.26. The SMILES string of the molecule is CCNC(=NCCC(=O)NC(C)CC)NC1CCN(C2CCCC2)C1.I. The van der Waals surface area contributed by atoms with E-state index in [0.29, 0.717) is 19.0 Å². The van der Waals surface area contributed by atoms with Crippen molar-refractivity contribution in [2.24, 2.45) is 4.99 Å². The van der Waals surface area contributed by atoms with Crippen LogP contribution in [0.15, 0.2) is 4.99 Å². The number of guanidine groups is 1. The van der Waals surface area contributed by atoms with Crippen LogP contribution in [-0.4, -0.2) is 61.1 Å². The lowest BCUT2D eigenvalue weighted by Gasteiger charge is -2.24. The number of nitrogens with one attached hydrogen (secondary N) is 3. The predicted molar refractivity (Wildman–Crippen MR) is 119 cm³/mol. The van der Waals surface area contributed by atoms with Gasteiger partial charge in [0.25, 0.3) is 0 Å². The molecule has 7 heteroatoms. The monoisotopic (exact) mass is 479 g/mol. The van der Waals surface area contributed by atoms with Crippen LogP contribution in [0.25, 0.3) is 0 Å². The summed E-state index contributed by atoms with van der Waals surface area (Å²) in [5.74, 6) is 0.930. The zero-order valence-electron chi connectivity index (χ0n) is 16.7. The number of rotatable bonds is 8. The molecule has 152 valence electrons. The molecule has 0 aromatic heterocycles. The quantitative estimate of drug-likeness (QED) is 0.284. The van der Waals surface area contributed by atoms with Crippen LogP contribution in [0.2, 0.25) is 0 Å². The van der Waals surface area contributed by atoms with Crippen LogP contribution >= 0.6 is 24.0 Å². The van der Waals surface area contributed by atoms with E-state index in [4.69, 9.17) is 0 Å². The number of carbonyl (C=O) groups excluding carboxylic acids is 1. The molecule has 0 spiro atoms. The van der Waals surface area contributed by atoms with Crippen LogP contribution in [-0.2, 0) is 4.79 Å². The lowest BCUT2D eigenvalue weighted by Crippen LogP contribution is -2.45. The number of halogens is 1. The fraction of sp³-hybridized carbons (Fsp3) is 0.895. The second-order valence-corrected chi connectivity index (χ2v) is 7.45. The van der Waals surface area contributed by atoms with Gasteiger partial charge in [0.05, 0.1) is 6.54 Å². The highest BCUT2D eigenvalue weighted by Gasteiger charge is 2.30. The highest BCUT2D eigenvalue weighted by atomic mass is 127. The summed E-state index contributed by atoms with van der Waals surface area (Å²) in [5, 5.41) is 9.86. The lowest BCUT2D eigenvalue weighted by molar-refractivity contribution is -0.121. The van der Waals surface area contributed by atoms with E-state index in [1.807, 2.05) is 6.92 Å². The van der Waals surface area contributed by atoms with Crippen molar-refractivity contribution in [3.63, 3.8) is 0 Å². The summed E-state index contributed by atoms with van der Waals surface area (Å²) in [6, 6.07) is 1.51. The van der Waals surface area contributed by atoms with E-state index >= 15 is 0 Å². The normalized spacial score (nSPS) is 22.7. The van der Waals surface area contributed by atoms with Gasteiger partial charge < -0.3 is 16.0 Å². The molecule has 3 N–H and O–H groups in total. The molecule has 2 fully saturated rings. The molecule has 0 aromatic carbocycles. The van der Waals surface area contributed by atoms with Crippen molar-refractivity contribution < 1.29 is 4.79 Å². The maximum atomic E-state index is 11.9. The summed E-state index contributed by atoms with van der Waals surface area (Å²) in [6.07, 6.45) is 8.09. The smallest absolute Gasteiger partial charge is 0.222 e. The van der Waals surface area contributed by atoms with Crippen molar-refractivity contribution in [2.75, 3.05) is 26.2 Å². The Morgan fingerprint density at radius 1 is 1.23 bits per heavy atom. The van der Waals surface area contributed by atoms with Gasteiger partial charge in [-0.3, -0.25) is 14.7 Å². The summed E-state index contributed by atoms with van der Waals surface area (Å²) in [4.78, 5) is 19.1. The molecule has 1 aliphatic carbocycles. The Balaban J connectivity index is 0.00000338. The highest BCUT2D eigenvalue weighted by molar-refractivity contribution is 14.0. The molecule has 0 bridgehead atoms. The standard InChI is InChI=1S/C19H37N5O.HI/c1-4-15(3)22-18(25)10-12-21-19(20-5-2)23-16-11-13-24(14-16)17-8-6-7-9-17;/h15-17H,4-14H2,1-3H3,(H,22,25)(H2,20,21,23);1H. The second kappa shape index (κ2) is 12.8. The van der Waals surface area contributed by atoms with E-state index in [-0.39, 0.29) is 35.9 Å². The Morgan fingerprint density at radius 3 is 2.62 bits per heavy atom. The van der Waals surface area contributed by atoms with Gasteiger partial charge in [0.1, 0.15) is 0 Å². The molecule has 1 aliphatic heterocycles. The first-order valence-electron chi connectivity index (χ1n) is 10.2. The van der Waals surface area contributed by atoms with Gasteiger partial charge >= 0.3 is 0 Å². The number of amides is 1. The van der Waals surface area contributed by atoms with E-state index in [0.717, 1.165) is 31.5 Å². The number of hydrogen-bond donors (Lipinski definition) is 3. The van der Waals surface area contributed by atoms with Crippen LogP contribution in [0.4, 0.5) is 0 Å². The first-order valence-corrected chi connectivity index (χ1v) is 10.2. The molecule has 1 amide bonds. The summed E-state index contributed by atoms with van der Waals surface area (Å²) < 4.78 is 0. The minimum absolute atomic E-state index is 0. The van der Waals surface area contributed by atoms with Crippen molar-refractivity contribution >= 4 is 35.8 Å². The molecule has 26 heavy (non-hydrogen) atoms. The van der Waals surface area contributed by atoms with Gasteiger partial charge in [-0.05, 0) is 39.5 Å². The summed E-state index contributed by atoms with van der Waals surface area (Å²) in [6.45, 7) is 9.85. The van der Waals surface area contributed by atoms with Gasteiger partial charge in [-0.2, -0.15) is 0 Å². The molecule has 2 atom stereocenters. The van der Waals surface area contributed by atoms with Crippen LogP contribution in [0.1, 0.15) is 65.7 Å². The number of nitrogens with zero attached hydrogens (tertiary/aromatic N) is 2. The van der Waals surface area contributed by atoms with E-state index in [1.165, 1.54) is 38.6 Å². The Labute approximate surface area is 176 Å². The minimum Gasteiger partial charge on any atom is -0.357 e. The molecular formula is C19H38IN5O. The van der Waals surface area contributed by atoms with Gasteiger partial charge in [0, 0.05) is 44.2 Å². The third kappa shape index (κ3) is 7.98. The van der Waals surface area contributed by atoms with E-state index < -0.39 is 0 Å². The second-order valence-electron chi connectivity index (χ2n) is 7.45. The minimum atomic E-state index is 0. The number of aliphatic imine (C=N–C) groups is 1. The van der Waals surface area contributed by atoms with Gasteiger partial charge in [-0.15, -0.1) is 24.0 Å². The molecule has 2 unspecified atom stereocenters. The lowest BCUT2D eigenvalue weighted by atomic mass is 10.2. The Bertz CT molecular complexity index is 440. The van der Waals surface area contributed by atoms with E-state index in [1.54, 1.807) is 0 Å². The Hall–Kier alpha value is -0.570. The summed E-state index contributed by atoms with van der Waals surface area (Å²) in [7, 11) is 0. The summed E-state index contributed by atoms with van der Waals surface area (Å²) >= 11 is 0. The fourth-order valence-corrected chi connectivity index (χ4v) is 3.74. The van der Waals surface area contributed by atoms with Crippen molar-refractivity contribution in [2.45, 2.75) is 83.8 Å². The fourth-order valence-electron chi connectivity index (χ4n) is 3.74. The zero-order chi connectivity index (χ0) is 18.1. The van der Waals surface area contributed by atoms with E-state index in [2.05, 4.69) is 39.7 Å². The van der Waals surface area contributed by atoms with Crippen molar-refractivity contribution in [1.29, 1.82) is 0 Å². The van der Waals surface area contributed by atoms with Gasteiger partial charge in [-0.25, -0.2) is 0 Å². The molecule has 1 heterocycles. The zero-order valence-corrected chi connectivity index (χ0v) is 19.1. The van der Waals surface area contributed by atoms with Crippen LogP contribution < -0.4 is 16.0 Å². The van der Waals surface area contributed by atoms with Crippen LogP contribution in [0.3, 0.4) is 0 Å². The molecule has 0 radical (unpaired) electrons. The molecule has 2 rings (SSSR count). The topological polar surface area (TPSA) is 68.8 Å². The van der Waals surface area contributed by atoms with Gasteiger partial charge in [-0.1, -0.05) is 19.8 Å². The first-order chi connectivity index (χ1) is 12.1. The average molecular weight is 479 g/mol. The number of carbonyl (C=O) groups is 1. The molecule has 1 saturated heterocycles. The maximum Gasteiger partial charge on any atom is 0.222 e. The number of hydrogen-bond acceptors (Lipinski definition) is 3. The Kier molecular flexibility index (Phi) is 11.5. The van der Waals surface area contributed by atoms with Gasteiger partial charge in [0.2, 0.25) is 5.91 Å². The third-order valence-electron chi connectivity index (χ3n) is 5.37. The number of likely N-dealkylation sites (tertiary alicyclic amines) is 1. The van der Waals surface area contributed by atoms with Crippen molar-refractivity contribution in [3.8, 4) is 0 Å². The molecule has 2 aliphatic rings. The first kappa shape index (κ1) is 23.5. The molecular weight excluding hydrogens is 441 g/mol. The van der Waals surface area contributed by atoms with E-state index in [9.17, 15) is 4.79 Å². The van der Waals surface area contributed by atoms with Gasteiger partial charge in [0.15, 0.2) is 5.96 Å². The van der Waals surface area contributed by atoms with Crippen LogP contribution in [0.5, 0.6) is 0 Å². The molecule has 6 nitrogen and oxygen atoms in total. The Morgan fingerprint density at radius 2 is 1.96 bits per heavy atom. The molecule has 0 aromatic rings. The largest absolute Gasteiger partial charge is 0.357 e. The highest BCUT2D eigenvalue weighted by Crippen LogP contribution is 2.26. The van der Waals surface area contributed by atoms with Crippen molar-refractivity contribution in [3.05, 3.63) is 0 Å². The maximum absolute atomic E-state index is 11.9. The predicted octanol–water partition coefficient (Wildman–Crippen LogP) is 2.48. The van der Waals surface area contributed by atoms with Crippen LogP contribution in [0, 0.1) is 0 Å². The summed E-state index contributed by atoms with van der Waals surface area (Å²) in [5.41, 5.74) is 0. The molecule has 1 saturated carbocycles. The van der Waals surface area contributed by atoms with Crippen molar-refractivity contribution in [1.82, 2.24) is 20.9 Å². The third-order valence-corrected chi connectivity index (χ3v) is 5.37.